The average Bonchev–Trinajstić information content (AvgIpc) is 3.07. The summed E-state index contributed by atoms with van der Waals surface area (Å²) in [5, 5.41) is 6.98. The molecule has 0 fully saturated rings. The van der Waals surface area contributed by atoms with E-state index in [0.29, 0.717) is 18.2 Å². The molecule has 0 bridgehead atoms. The van der Waals surface area contributed by atoms with Gasteiger partial charge in [-0.25, -0.2) is 0 Å². The van der Waals surface area contributed by atoms with Gasteiger partial charge in [0.15, 0.2) is 0 Å². The molecule has 0 aliphatic heterocycles. The van der Waals surface area contributed by atoms with Gasteiger partial charge in [-0.3, -0.25) is 4.79 Å². The molecule has 1 aromatic heterocycles. The third-order valence-electron chi connectivity index (χ3n) is 4.75. The highest BCUT2D eigenvalue weighted by molar-refractivity contribution is 5.93. The highest BCUT2D eigenvalue weighted by atomic mass is 16.5. The molecule has 1 aliphatic carbocycles. The molecule has 0 saturated heterocycles. The van der Waals surface area contributed by atoms with E-state index in [1.54, 1.807) is 0 Å². The minimum absolute atomic E-state index is 0.158. The van der Waals surface area contributed by atoms with E-state index in [1.807, 2.05) is 24.3 Å². The Bertz CT molecular complexity index is 719. The van der Waals surface area contributed by atoms with Crippen molar-refractivity contribution in [1.29, 1.82) is 0 Å². The second-order valence-corrected chi connectivity index (χ2v) is 7.32. The van der Waals surface area contributed by atoms with Gasteiger partial charge in [-0.2, -0.15) is 0 Å². The van der Waals surface area contributed by atoms with Gasteiger partial charge in [0, 0.05) is 12.1 Å². The molecule has 0 atom stereocenters. The van der Waals surface area contributed by atoms with Crippen LogP contribution in [0, 0.1) is 5.92 Å². The predicted octanol–water partition coefficient (Wildman–Crippen LogP) is 3.95. The molecule has 0 saturated carbocycles. The first kappa shape index (κ1) is 18.5. The van der Waals surface area contributed by atoms with Crippen LogP contribution in [0.1, 0.15) is 60.5 Å². The average molecular weight is 356 g/mol. The molecule has 0 unspecified atom stereocenters. The van der Waals surface area contributed by atoms with Crippen LogP contribution >= 0.6 is 0 Å². The molecule has 1 amide bonds. The van der Waals surface area contributed by atoms with Crippen LogP contribution in [0.2, 0.25) is 0 Å². The standard InChI is InChI=1S/C21H28N2O3/c1-15(2)12-14-25-17-9-7-16(8-10-17)11-13-22-21(24)20-18-5-3-4-6-19(18)23-26-20/h7-10,15H,3-6,11-14H2,1-2H3,(H,22,24). The number of carbonyl (C=O) groups excluding carboxylic acids is 1. The third-order valence-corrected chi connectivity index (χ3v) is 4.75. The monoisotopic (exact) mass is 356 g/mol. The molecule has 26 heavy (non-hydrogen) atoms. The van der Waals surface area contributed by atoms with Crippen LogP contribution in [0.15, 0.2) is 28.8 Å². The number of aromatic nitrogens is 1. The molecule has 0 radical (unpaired) electrons. The fourth-order valence-electron chi connectivity index (χ4n) is 3.13. The van der Waals surface area contributed by atoms with E-state index >= 15 is 0 Å². The maximum absolute atomic E-state index is 12.3. The van der Waals surface area contributed by atoms with Crippen molar-refractivity contribution >= 4 is 5.91 Å². The summed E-state index contributed by atoms with van der Waals surface area (Å²) >= 11 is 0. The number of hydrogen-bond acceptors (Lipinski definition) is 4. The summed E-state index contributed by atoms with van der Waals surface area (Å²) < 4.78 is 11.0. The molecule has 2 aromatic rings. The summed E-state index contributed by atoms with van der Waals surface area (Å²) in [6, 6.07) is 8.08. The third kappa shape index (κ3) is 4.87. The largest absolute Gasteiger partial charge is 0.494 e. The van der Waals surface area contributed by atoms with E-state index in [4.69, 9.17) is 9.26 Å². The van der Waals surface area contributed by atoms with E-state index in [9.17, 15) is 4.79 Å². The van der Waals surface area contributed by atoms with Gasteiger partial charge in [0.1, 0.15) is 5.75 Å². The molecule has 1 aromatic carbocycles. The summed E-state index contributed by atoms with van der Waals surface area (Å²) in [4.78, 5) is 12.3. The van der Waals surface area contributed by atoms with Crippen molar-refractivity contribution in [2.75, 3.05) is 13.2 Å². The van der Waals surface area contributed by atoms with Gasteiger partial charge in [0.25, 0.3) is 5.91 Å². The molecule has 140 valence electrons. The zero-order chi connectivity index (χ0) is 18.4. The first-order valence-electron chi connectivity index (χ1n) is 9.61. The van der Waals surface area contributed by atoms with Crippen molar-refractivity contribution in [3.05, 3.63) is 46.8 Å². The molecular formula is C21H28N2O3. The van der Waals surface area contributed by atoms with Crippen molar-refractivity contribution in [1.82, 2.24) is 10.5 Å². The van der Waals surface area contributed by atoms with E-state index < -0.39 is 0 Å². The van der Waals surface area contributed by atoms with Crippen LogP contribution in [-0.4, -0.2) is 24.2 Å². The van der Waals surface area contributed by atoms with Gasteiger partial charge in [-0.05, 0) is 62.1 Å². The molecule has 0 spiro atoms. The van der Waals surface area contributed by atoms with Crippen molar-refractivity contribution in [2.45, 2.75) is 52.4 Å². The lowest BCUT2D eigenvalue weighted by atomic mass is 9.96. The second-order valence-electron chi connectivity index (χ2n) is 7.32. The number of rotatable bonds is 8. The van der Waals surface area contributed by atoms with Crippen molar-refractivity contribution in [3.63, 3.8) is 0 Å². The van der Waals surface area contributed by atoms with Gasteiger partial charge in [0.05, 0.1) is 12.3 Å². The van der Waals surface area contributed by atoms with Crippen molar-refractivity contribution in [2.24, 2.45) is 5.92 Å². The highest BCUT2D eigenvalue weighted by Gasteiger charge is 2.23. The Morgan fingerprint density at radius 1 is 1.23 bits per heavy atom. The number of aryl methyl sites for hydroxylation is 1. The van der Waals surface area contributed by atoms with Gasteiger partial charge in [0.2, 0.25) is 5.76 Å². The smallest absolute Gasteiger partial charge is 0.290 e. The minimum atomic E-state index is -0.158. The minimum Gasteiger partial charge on any atom is -0.494 e. The lowest BCUT2D eigenvalue weighted by Gasteiger charge is -2.10. The zero-order valence-corrected chi connectivity index (χ0v) is 15.7. The summed E-state index contributed by atoms with van der Waals surface area (Å²) in [7, 11) is 0. The molecule has 5 heteroatoms. The van der Waals surface area contributed by atoms with E-state index in [0.717, 1.165) is 62.1 Å². The Morgan fingerprint density at radius 3 is 2.77 bits per heavy atom. The number of nitrogens with zero attached hydrogens (tertiary/aromatic N) is 1. The number of amides is 1. The van der Waals surface area contributed by atoms with Crippen molar-refractivity contribution < 1.29 is 14.1 Å². The van der Waals surface area contributed by atoms with E-state index in [1.165, 1.54) is 5.56 Å². The number of ether oxygens (including phenoxy) is 1. The molecule has 5 nitrogen and oxygen atoms in total. The number of benzene rings is 1. The lowest BCUT2D eigenvalue weighted by Crippen LogP contribution is -2.26. The maximum Gasteiger partial charge on any atom is 0.290 e. The number of hydrogen-bond donors (Lipinski definition) is 1. The van der Waals surface area contributed by atoms with Crippen LogP contribution in [0.3, 0.4) is 0 Å². The summed E-state index contributed by atoms with van der Waals surface area (Å²) in [6.07, 6.45) is 5.85. The van der Waals surface area contributed by atoms with Crippen LogP contribution < -0.4 is 10.1 Å². The molecule has 1 N–H and O–H groups in total. The van der Waals surface area contributed by atoms with Crippen LogP contribution in [0.25, 0.3) is 0 Å². The fourth-order valence-corrected chi connectivity index (χ4v) is 3.13. The second kappa shape index (κ2) is 8.88. The predicted molar refractivity (Wildman–Crippen MR) is 101 cm³/mol. The molecular weight excluding hydrogens is 328 g/mol. The lowest BCUT2D eigenvalue weighted by molar-refractivity contribution is 0.0916. The van der Waals surface area contributed by atoms with Gasteiger partial charge < -0.3 is 14.6 Å². The topological polar surface area (TPSA) is 64.4 Å². The Kier molecular flexibility index (Phi) is 6.31. The van der Waals surface area contributed by atoms with Crippen molar-refractivity contribution in [3.8, 4) is 5.75 Å². The SMILES string of the molecule is CC(C)CCOc1ccc(CCNC(=O)c2onc3c2CCCC3)cc1. The van der Waals surface area contributed by atoms with Crippen LogP contribution in [0.5, 0.6) is 5.75 Å². The van der Waals surface area contributed by atoms with Gasteiger partial charge in [-0.1, -0.05) is 31.1 Å². The Hall–Kier alpha value is -2.30. The first-order chi connectivity index (χ1) is 12.6. The Morgan fingerprint density at radius 2 is 2.00 bits per heavy atom. The summed E-state index contributed by atoms with van der Waals surface area (Å²) in [6.45, 7) is 5.70. The van der Waals surface area contributed by atoms with Crippen LogP contribution in [-0.2, 0) is 19.3 Å². The maximum atomic E-state index is 12.3. The molecule has 1 aliphatic rings. The normalized spacial score (nSPS) is 13.5. The number of nitrogens with one attached hydrogen (secondary N) is 1. The molecule has 3 rings (SSSR count). The summed E-state index contributed by atoms with van der Waals surface area (Å²) in [5.74, 6) is 1.78. The van der Waals surface area contributed by atoms with Gasteiger partial charge in [-0.15, -0.1) is 0 Å². The van der Waals surface area contributed by atoms with Gasteiger partial charge >= 0.3 is 0 Å². The molecule has 1 heterocycles. The van der Waals surface area contributed by atoms with Crippen LogP contribution in [0.4, 0.5) is 0 Å². The highest BCUT2D eigenvalue weighted by Crippen LogP contribution is 2.23. The first-order valence-corrected chi connectivity index (χ1v) is 9.61. The fraction of sp³-hybridized carbons (Fsp3) is 0.524. The zero-order valence-electron chi connectivity index (χ0n) is 15.7. The van der Waals surface area contributed by atoms with E-state index in [-0.39, 0.29) is 5.91 Å². The van der Waals surface area contributed by atoms with E-state index in [2.05, 4.69) is 24.3 Å². The summed E-state index contributed by atoms with van der Waals surface area (Å²) in [5.41, 5.74) is 3.12. The Balaban J connectivity index is 1.44. The number of carbonyl (C=O) groups is 1. The number of fused-ring (bicyclic) bond motifs is 1. The quantitative estimate of drug-likeness (QED) is 0.778. The Labute approximate surface area is 155 Å².